The van der Waals surface area contributed by atoms with E-state index < -0.39 is 0 Å². The van der Waals surface area contributed by atoms with E-state index in [0.29, 0.717) is 6.54 Å². The molecule has 0 saturated heterocycles. The van der Waals surface area contributed by atoms with E-state index in [4.69, 9.17) is 10.9 Å². The van der Waals surface area contributed by atoms with Crippen LogP contribution in [0.4, 0.5) is 0 Å². The largest absolute Gasteiger partial charge is 0.409 e. The van der Waals surface area contributed by atoms with Crippen molar-refractivity contribution < 1.29 is 5.21 Å². The van der Waals surface area contributed by atoms with Crippen LogP contribution in [-0.2, 0) is 20.0 Å². The van der Waals surface area contributed by atoms with Crippen LogP contribution in [0.3, 0.4) is 0 Å². The second-order valence-corrected chi connectivity index (χ2v) is 4.40. The summed E-state index contributed by atoms with van der Waals surface area (Å²) in [7, 11) is 1.84. The van der Waals surface area contributed by atoms with Gasteiger partial charge in [-0.3, -0.25) is 4.68 Å². The van der Waals surface area contributed by atoms with Crippen molar-refractivity contribution in [2.45, 2.75) is 13.0 Å². The number of oxime groups is 1. The molecule has 0 unspecified atom stereocenters. The molecule has 106 valence electrons. The highest BCUT2D eigenvalue weighted by Crippen LogP contribution is 2.08. The van der Waals surface area contributed by atoms with E-state index in [0.717, 1.165) is 29.9 Å². The molecule has 0 saturated carbocycles. The van der Waals surface area contributed by atoms with Crippen LogP contribution in [0, 0.1) is 0 Å². The number of nitrogens with one attached hydrogen (secondary N) is 1. The zero-order chi connectivity index (χ0) is 14.4. The zero-order valence-corrected chi connectivity index (χ0v) is 11.3. The highest BCUT2D eigenvalue weighted by molar-refractivity contribution is 5.98. The number of nitrogens with two attached hydrogens (primary N) is 1. The number of hydrogen-bond donors (Lipinski definition) is 3. The van der Waals surface area contributed by atoms with Crippen LogP contribution in [0.5, 0.6) is 0 Å². The lowest BCUT2D eigenvalue weighted by molar-refractivity contribution is 0.318. The Labute approximate surface area is 117 Å². The van der Waals surface area contributed by atoms with E-state index in [1.807, 2.05) is 31.3 Å². The summed E-state index contributed by atoms with van der Waals surface area (Å²) in [5.41, 5.74) is 7.36. The second kappa shape index (κ2) is 6.67. The minimum absolute atomic E-state index is 0.119. The van der Waals surface area contributed by atoms with E-state index in [1.165, 1.54) is 0 Å². The third-order valence-electron chi connectivity index (χ3n) is 2.89. The topological polar surface area (TPSA) is 101 Å². The van der Waals surface area contributed by atoms with Crippen molar-refractivity contribution >= 4 is 5.84 Å². The molecule has 0 aliphatic rings. The Bertz CT molecular complexity index is 592. The summed E-state index contributed by atoms with van der Waals surface area (Å²) in [5, 5.41) is 19.3. The average molecular weight is 274 g/mol. The van der Waals surface area contributed by atoms with Gasteiger partial charge in [0.05, 0.1) is 0 Å². The molecule has 1 heterocycles. The number of hydrogen-bond acceptors (Lipinski definition) is 5. The van der Waals surface area contributed by atoms with Crippen LogP contribution in [0.1, 0.15) is 17.0 Å². The zero-order valence-electron chi connectivity index (χ0n) is 11.3. The SMILES string of the molecule is Cn1cnc(CCNCc2ccccc2/C(N)=N/O)n1. The van der Waals surface area contributed by atoms with Gasteiger partial charge in [0.1, 0.15) is 6.33 Å². The summed E-state index contributed by atoms with van der Waals surface area (Å²) >= 11 is 0. The van der Waals surface area contributed by atoms with Gasteiger partial charge in [0.25, 0.3) is 0 Å². The van der Waals surface area contributed by atoms with E-state index in [2.05, 4.69) is 20.6 Å². The molecule has 0 atom stereocenters. The van der Waals surface area contributed by atoms with Gasteiger partial charge in [-0.15, -0.1) is 0 Å². The van der Waals surface area contributed by atoms with Crippen molar-refractivity contribution in [1.29, 1.82) is 0 Å². The molecule has 1 aromatic heterocycles. The first-order valence-corrected chi connectivity index (χ1v) is 6.31. The van der Waals surface area contributed by atoms with Crippen LogP contribution in [0.25, 0.3) is 0 Å². The van der Waals surface area contributed by atoms with Gasteiger partial charge in [0.2, 0.25) is 0 Å². The van der Waals surface area contributed by atoms with Gasteiger partial charge in [-0.2, -0.15) is 5.10 Å². The van der Waals surface area contributed by atoms with Crippen molar-refractivity contribution in [2.75, 3.05) is 6.54 Å². The molecular weight excluding hydrogens is 256 g/mol. The quantitative estimate of drug-likeness (QED) is 0.230. The Morgan fingerprint density at radius 2 is 2.25 bits per heavy atom. The lowest BCUT2D eigenvalue weighted by Crippen LogP contribution is -2.21. The van der Waals surface area contributed by atoms with Crippen LogP contribution in [-0.4, -0.2) is 32.4 Å². The summed E-state index contributed by atoms with van der Waals surface area (Å²) in [6.07, 6.45) is 2.44. The summed E-state index contributed by atoms with van der Waals surface area (Å²) in [5.74, 6) is 0.929. The van der Waals surface area contributed by atoms with Gasteiger partial charge < -0.3 is 16.3 Å². The molecule has 0 bridgehead atoms. The predicted molar refractivity (Wildman–Crippen MR) is 75.4 cm³/mol. The maximum absolute atomic E-state index is 8.76. The molecule has 0 fully saturated rings. The minimum Gasteiger partial charge on any atom is -0.409 e. The maximum atomic E-state index is 8.76. The Morgan fingerprint density at radius 3 is 2.95 bits per heavy atom. The normalized spacial score (nSPS) is 11.8. The Balaban J connectivity index is 1.88. The molecule has 20 heavy (non-hydrogen) atoms. The molecule has 7 nitrogen and oxygen atoms in total. The molecule has 0 radical (unpaired) electrons. The number of nitrogens with zero attached hydrogens (tertiary/aromatic N) is 4. The number of aromatic nitrogens is 3. The fraction of sp³-hybridized carbons (Fsp3) is 0.308. The average Bonchev–Trinajstić information content (AvgIpc) is 2.89. The van der Waals surface area contributed by atoms with E-state index in [9.17, 15) is 0 Å². The lowest BCUT2D eigenvalue weighted by atomic mass is 10.1. The van der Waals surface area contributed by atoms with E-state index in [-0.39, 0.29) is 5.84 Å². The molecule has 0 spiro atoms. The third kappa shape index (κ3) is 3.55. The molecule has 7 heteroatoms. The number of amidine groups is 1. The van der Waals surface area contributed by atoms with Gasteiger partial charge in [0, 0.05) is 32.1 Å². The van der Waals surface area contributed by atoms with E-state index >= 15 is 0 Å². The first kappa shape index (κ1) is 14.0. The molecular formula is C13H18N6O. The molecule has 2 aromatic rings. The molecule has 0 amide bonds. The van der Waals surface area contributed by atoms with Crippen molar-refractivity contribution in [1.82, 2.24) is 20.1 Å². The van der Waals surface area contributed by atoms with Crippen LogP contribution in [0.2, 0.25) is 0 Å². The molecule has 0 aliphatic heterocycles. The standard InChI is InChI=1S/C13H18N6O/c1-19-9-16-12(17-19)6-7-15-8-10-4-2-3-5-11(10)13(14)18-20/h2-5,9,15,20H,6-8H2,1H3,(H2,14,18). The van der Waals surface area contributed by atoms with Crippen molar-refractivity contribution in [3.05, 3.63) is 47.5 Å². The highest BCUT2D eigenvalue weighted by Gasteiger charge is 2.06. The molecule has 4 N–H and O–H groups in total. The summed E-state index contributed by atoms with van der Waals surface area (Å²) in [6, 6.07) is 7.55. The van der Waals surface area contributed by atoms with Crippen LogP contribution in [0.15, 0.2) is 35.7 Å². The minimum atomic E-state index is 0.119. The van der Waals surface area contributed by atoms with Crippen molar-refractivity contribution in [3.8, 4) is 0 Å². The van der Waals surface area contributed by atoms with Gasteiger partial charge >= 0.3 is 0 Å². The third-order valence-corrected chi connectivity index (χ3v) is 2.89. The lowest BCUT2D eigenvalue weighted by Gasteiger charge is -2.08. The van der Waals surface area contributed by atoms with Crippen LogP contribution >= 0.6 is 0 Å². The fourth-order valence-corrected chi connectivity index (χ4v) is 1.90. The number of benzene rings is 1. The monoisotopic (exact) mass is 274 g/mol. The highest BCUT2D eigenvalue weighted by atomic mass is 16.4. The summed E-state index contributed by atoms with van der Waals surface area (Å²) in [6.45, 7) is 1.40. The Morgan fingerprint density at radius 1 is 1.45 bits per heavy atom. The molecule has 2 rings (SSSR count). The maximum Gasteiger partial charge on any atom is 0.170 e. The Hall–Kier alpha value is -2.41. The fourth-order valence-electron chi connectivity index (χ4n) is 1.90. The van der Waals surface area contributed by atoms with Gasteiger partial charge in [-0.05, 0) is 5.56 Å². The predicted octanol–water partition coefficient (Wildman–Crippen LogP) is 0.242. The first-order valence-electron chi connectivity index (χ1n) is 6.31. The van der Waals surface area contributed by atoms with E-state index in [1.54, 1.807) is 11.0 Å². The second-order valence-electron chi connectivity index (χ2n) is 4.40. The van der Waals surface area contributed by atoms with Crippen LogP contribution < -0.4 is 11.1 Å². The van der Waals surface area contributed by atoms with Crippen molar-refractivity contribution in [2.24, 2.45) is 17.9 Å². The smallest absolute Gasteiger partial charge is 0.170 e. The molecule has 0 aliphatic carbocycles. The van der Waals surface area contributed by atoms with Gasteiger partial charge in [0.15, 0.2) is 11.7 Å². The van der Waals surface area contributed by atoms with Crippen molar-refractivity contribution in [3.63, 3.8) is 0 Å². The first-order chi connectivity index (χ1) is 9.70. The van der Waals surface area contributed by atoms with Gasteiger partial charge in [-0.1, -0.05) is 29.4 Å². The number of aryl methyl sites for hydroxylation is 1. The Kier molecular flexibility index (Phi) is 4.67. The summed E-state index contributed by atoms with van der Waals surface area (Å²) in [4.78, 5) is 4.16. The summed E-state index contributed by atoms with van der Waals surface area (Å²) < 4.78 is 1.68. The number of rotatable bonds is 6. The van der Waals surface area contributed by atoms with Gasteiger partial charge in [-0.25, -0.2) is 4.98 Å². The molecule has 1 aromatic carbocycles.